The smallest absolute Gasteiger partial charge is 0.334 e. The maximum Gasteiger partial charge on any atom is 0.416 e. The number of likely N-dealkylation sites (tertiary alicyclic amines) is 1. The van der Waals surface area contributed by atoms with Crippen molar-refractivity contribution in [1.82, 2.24) is 9.88 Å². The summed E-state index contributed by atoms with van der Waals surface area (Å²) in [6.45, 7) is 2.84. The largest absolute Gasteiger partial charge is 0.416 e. The zero-order valence-electron chi connectivity index (χ0n) is 13.6. The highest BCUT2D eigenvalue weighted by Gasteiger charge is 2.32. The number of benzene rings is 1. The predicted octanol–water partition coefficient (Wildman–Crippen LogP) is 3.70. The molecule has 1 amide bonds. The van der Waals surface area contributed by atoms with Crippen LogP contribution in [0.15, 0.2) is 24.3 Å². The molecule has 2 heterocycles. The summed E-state index contributed by atoms with van der Waals surface area (Å²) in [5.41, 5.74) is 6.18. The number of thiazole rings is 1. The van der Waals surface area contributed by atoms with Gasteiger partial charge in [0, 0.05) is 24.7 Å². The Kier molecular flexibility index (Phi) is 4.83. The highest BCUT2D eigenvalue weighted by molar-refractivity contribution is 7.17. The molecule has 1 unspecified atom stereocenters. The molecule has 0 bridgehead atoms. The second kappa shape index (κ2) is 6.76. The molecule has 1 atom stereocenters. The fraction of sp³-hybridized carbons (Fsp3) is 0.412. The van der Waals surface area contributed by atoms with Gasteiger partial charge in [-0.25, -0.2) is 4.98 Å². The lowest BCUT2D eigenvalue weighted by atomic mass is 10.1. The summed E-state index contributed by atoms with van der Waals surface area (Å²) in [5, 5.41) is 0.540. The number of halogens is 3. The molecule has 0 radical (unpaired) electrons. The van der Waals surface area contributed by atoms with E-state index in [0.29, 0.717) is 34.2 Å². The normalized spacial score (nSPS) is 18.0. The van der Waals surface area contributed by atoms with E-state index in [2.05, 4.69) is 4.98 Å². The number of hydrogen-bond acceptors (Lipinski definition) is 4. The average Bonchev–Trinajstić information content (AvgIpc) is 3.20. The Bertz CT molecular complexity index is 770. The molecule has 1 aliphatic heterocycles. The first kappa shape index (κ1) is 17.9. The number of rotatable bonds is 3. The Morgan fingerprint density at radius 3 is 2.64 bits per heavy atom. The number of amides is 1. The topological polar surface area (TPSA) is 59.2 Å². The van der Waals surface area contributed by atoms with Gasteiger partial charge in [0.1, 0.15) is 9.88 Å². The van der Waals surface area contributed by atoms with Crippen LogP contribution >= 0.6 is 11.3 Å². The molecular weight excluding hydrogens is 351 g/mol. The maximum atomic E-state index is 12.8. The van der Waals surface area contributed by atoms with Gasteiger partial charge >= 0.3 is 6.18 Å². The molecular formula is C17H18F3N3OS. The first-order valence-electron chi connectivity index (χ1n) is 7.97. The van der Waals surface area contributed by atoms with E-state index in [9.17, 15) is 18.0 Å². The van der Waals surface area contributed by atoms with E-state index in [1.54, 1.807) is 11.8 Å². The van der Waals surface area contributed by atoms with Crippen LogP contribution in [0.1, 0.15) is 33.8 Å². The van der Waals surface area contributed by atoms with E-state index >= 15 is 0 Å². The minimum atomic E-state index is -4.37. The van der Waals surface area contributed by atoms with Gasteiger partial charge in [-0.15, -0.1) is 11.3 Å². The van der Waals surface area contributed by atoms with Crippen molar-refractivity contribution in [3.63, 3.8) is 0 Å². The van der Waals surface area contributed by atoms with E-state index in [1.807, 2.05) is 0 Å². The summed E-state index contributed by atoms with van der Waals surface area (Å²) in [4.78, 5) is 19.4. The predicted molar refractivity (Wildman–Crippen MR) is 90.4 cm³/mol. The van der Waals surface area contributed by atoms with Gasteiger partial charge < -0.3 is 10.6 Å². The van der Waals surface area contributed by atoms with Gasteiger partial charge in [-0.3, -0.25) is 4.79 Å². The monoisotopic (exact) mass is 369 g/mol. The first-order valence-corrected chi connectivity index (χ1v) is 8.79. The van der Waals surface area contributed by atoms with Crippen molar-refractivity contribution >= 4 is 17.2 Å². The van der Waals surface area contributed by atoms with Crippen LogP contribution in [0.2, 0.25) is 0 Å². The first-order chi connectivity index (χ1) is 11.8. The number of carbonyl (C=O) groups excluding carboxylic acids is 1. The zero-order valence-corrected chi connectivity index (χ0v) is 14.5. The van der Waals surface area contributed by atoms with E-state index in [1.165, 1.54) is 23.5 Å². The lowest BCUT2D eigenvalue weighted by molar-refractivity contribution is -0.137. The number of carbonyl (C=O) groups is 1. The van der Waals surface area contributed by atoms with E-state index < -0.39 is 11.7 Å². The summed E-state index contributed by atoms with van der Waals surface area (Å²) in [6, 6.07) is 4.86. The summed E-state index contributed by atoms with van der Waals surface area (Å²) in [7, 11) is 0. The number of aromatic nitrogens is 1. The molecule has 1 aromatic carbocycles. The molecule has 3 rings (SSSR count). The van der Waals surface area contributed by atoms with Crippen LogP contribution in [0.4, 0.5) is 13.2 Å². The van der Waals surface area contributed by atoms with E-state index in [-0.39, 0.29) is 11.9 Å². The highest BCUT2D eigenvalue weighted by atomic mass is 32.1. The van der Waals surface area contributed by atoms with Crippen molar-refractivity contribution in [3.8, 4) is 10.6 Å². The molecule has 1 aliphatic rings. The SMILES string of the molecule is Cc1nc(-c2ccc(C(F)(F)F)cc2)sc1C(=O)N1CCCC1CN. The van der Waals surface area contributed by atoms with Crippen molar-refractivity contribution in [1.29, 1.82) is 0 Å². The van der Waals surface area contributed by atoms with Gasteiger partial charge in [0.2, 0.25) is 0 Å². The van der Waals surface area contributed by atoms with Gasteiger partial charge in [-0.05, 0) is 31.9 Å². The van der Waals surface area contributed by atoms with Crippen molar-refractivity contribution < 1.29 is 18.0 Å². The lowest BCUT2D eigenvalue weighted by Gasteiger charge is -2.22. The minimum Gasteiger partial charge on any atom is -0.334 e. The van der Waals surface area contributed by atoms with Crippen molar-refractivity contribution in [2.75, 3.05) is 13.1 Å². The molecule has 2 aromatic rings. The van der Waals surface area contributed by atoms with Gasteiger partial charge in [0.05, 0.1) is 11.3 Å². The lowest BCUT2D eigenvalue weighted by Crippen LogP contribution is -2.39. The van der Waals surface area contributed by atoms with Gasteiger partial charge in [-0.1, -0.05) is 12.1 Å². The number of nitrogens with two attached hydrogens (primary N) is 1. The third-order valence-electron chi connectivity index (χ3n) is 4.36. The Morgan fingerprint density at radius 2 is 2.04 bits per heavy atom. The number of nitrogens with zero attached hydrogens (tertiary/aromatic N) is 2. The fourth-order valence-corrected chi connectivity index (χ4v) is 4.03. The third-order valence-corrected chi connectivity index (χ3v) is 5.55. The van der Waals surface area contributed by atoms with Gasteiger partial charge in [0.15, 0.2) is 0 Å². The Morgan fingerprint density at radius 1 is 1.36 bits per heavy atom. The Labute approximate surface area is 147 Å². The fourth-order valence-electron chi connectivity index (χ4n) is 3.00. The standard InChI is InChI=1S/C17H18F3N3OS/c1-10-14(16(24)23-8-2-3-13(23)9-21)25-15(22-10)11-4-6-12(7-5-11)17(18,19)20/h4-7,13H,2-3,8-9,21H2,1H3. The summed E-state index contributed by atoms with van der Waals surface area (Å²) in [6.07, 6.45) is -2.55. The van der Waals surface area contributed by atoms with Crippen LogP contribution in [0.5, 0.6) is 0 Å². The molecule has 4 nitrogen and oxygen atoms in total. The Balaban J connectivity index is 1.86. The van der Waals surface area contributed by atoms with E-state index in [4.69, 9.17) is 5.73 Å². The van der Waals surface area contributed by atoms with Crippen molar-refractivity contribution in [2.24, 2.45) is 5.73 Å². The molecule has 2 N–H and O–H groups in total. The second-order valence-electron chi connectivity index (χ2n) is 6.04. The maximum absolute atomic E-state index is 12.8. The molecule has 0 saturated carbocycles. The summed E-state index contributed by atoms with van der Waals surface area (Å²) in [5.74, 6) is -0.0962. The molecule has 1 aromatic heterocycles. The molecule has 0 aliphatic carbocycles. The average molecular weight is 369 g/mol. The van der Waals surface area contributed by atoms with Gasteiger partial charge in [-0.2, -0.15) is 13.2 Å². The number of aryl methyl sites for hydroxylation is 1. The van der Waals surface area contributed by atoms with Crippen LogP contribution in [0.3, 0.4) is 0 Å². The zero-order chi connectivity index (χ0) is 18.2. The third kappa shape index (κ3) is 3.55. The molecule has 134 valence electrons. The molecule has 1 fully saturated rings. The van der Waals surface area contributed by atoms with Gasteiger partial charge in [0.25, 0.3) is 5.91 Å². The quantitative estimate of drug-likeness (QED) is 0.897. The number of alkyl halides is 3. The van der Waals surface area contributed by atoms with Crippen LogP contribution in [0, 0.1) is 6.92 Å². The van der Waals surface area contributed by atoms with Crippen LogP contribution < -0.4 is 5.73 Å². The van der Waals surface area contributed by atoms with E-state index in [0.717, 1.165) is 25.0 Å². The second-order valence-corrected chi connectivity index (χ2v) is 7.04. The van der Waals surface area contributed by atoms with Crippen LogP contribution in [-0.4, -0.2) is 34.9 Å². The molecule has 1 saturated heterocycles. The number of hydrogen-bond donors (Lipinski definition) is 1. The summed E-state index contributed by atoms with van der Waals surface area (Å²) < 4.78 is 38.0. The minimum absolute atomic E-state index is 0.0449. The molecule has 0 spiro atoms. The van der Waals surface area contributed by atoms with Crippen molar-refractivity contribution in [3.05, 3.63) is 40.4 Å². The van der Waals surface area contributed by atoms with Crippen molar-refractivity contribution in [2.45, 2.75) is 32.0 Å². The Hall–Kier alpha value is -1.93. The molecule has 8 heteroatoms. The van der Waals surface area contributed by atoms with Crippen LogP contribution in [0.25, 0.3) is 10.6 Å². The van der Waals surface area contributed by atoms with Crippen LogP contribution in [-0.2, 0) is 6.18 Å². The summed E-state index contributed by atoms with van der Waals surface area (Å²) >= 11 is 1.21. The molecule has 25 heavy (non-hydrogen) atoms. The highest BCUT2D eigenvalue weighted by Crippen LogP contribution is 2.34.